The van der Waals surface area contributed by atoms with Crippen LogP contribution in [0.25, 0.3) is 43.1 Å². The first-order chi connectivity index (χ1) is 20.6. The largest absolute Gasteiger partial charge is 0.377 e. The van der Waals surface area contributed by atoms with Crippen LogP contribution in [0.4, 0.5) is 0 Å². The lowest BCUT2D eigenvalue weighted by molar-refractivity contribution is 0.0413. The van der Waals surface area contributed by atoms with E-state index in [1.807, 2.05) is 48.5 Å². The number of nitrogens with zero attached hydrogens (tertiary/aromatic N) is 2. The molecule has 2 heterocycles. The standard InChI is InChI=1S/C34H28N2O6/c37-31-27-13-5-1-9-23(27)24-10-2-6-14-28(24)32(38)35(31)17-19-41-21-22-42-20-18-36-33(39)29-15-7-3-11-25(29)26-12-4-8-16-30(26)34(36)40/h1-16H,17-22H2. The highest BCUT2D eigenvalue weighted by atomic mass is 16.5. The average molecular weight is 561 g/mol. The predicted octanol–water partition coefficient (Wildman–Crippen LogP) is 4.08. The maximum atomic E-state index is 13.3. The molecule has 0 radical (unpaired) electrons. The third kappa shape index (κ3) is 5.02. The summed E-state index contributed by atoms with van der Waals surface area (Å²) in [7, 11) is 0. The molecule has 210 valence electrons. The molecule has 0 aliphatic rings. The summed E-state index contributed by atoms with van der Waals surface area (Å²) in [5.41, 5.74) is -1.44. The lowest BCUT2D eigenvalue weighted by Crippen LogP contribution is -2.32. The summed E-state index contributed by atoms with van der Waals surface area (Å²) in [6.07, 6.45) is 0. The number of benzene rings is 4. The van der Waals surface area contributed by atoms with Crippen molar-refractivity contribution in [2.75, 3.05) is 26.4 Å². The first kappa shape index (κ1) is 27.3. The highest BCUT2D eigenvalue weighted by Gasteiger charge is 2.12. The molecule has 8 heteroatoms. The zero-order valence-corrected chi connectivity index (χ0v) is 22.8. The molecule has 2 aromatic heterocycles. The summed E-state index contributed by atoms with van der Waals surface area (Å²) in [6.45, 7) is 0.906. The molecule has 0 saturated carbocycles. The molecule has 0 spiro atoms. The smallest absolute Gasteiger partial charge is 0.261 e. The van der Waals surface area contributed by atoms with Gasteiger partial charge in [0.25, 0.3) is 22.2 Å². The minimum absolute atomic E-state index is 0.0932. The molecule has 4 aromatic carbocycles. The van der Waals surface area contributed by atoms with Gasteiger partial charge in [-0.15, -0.1) is 0 Å². The fourth-order valence-electron chi connectivity index (χ4n) is 5.42. The zero-order valence-electron chi connectivity index (χ0n) is 22.8. The molecule has 6 aromatic rings. The van der Waals surface area contributed by atoms with Gasteiger partial charge in [-0.1, -0.05) is 72.8 Å². The lowest BCUT2D eigenvalue weighted by Gasteiger charge is -2.07. The predicted molar refractivity (Wildman–Crippen MR) is 166 cm³/mol. The van der Waals surface area contributed by atoms with Gasteiger partial charge in [0.1, 0.15) is 0 Å². The van der Waals surface area contributed by atoms with Crippen LogP contribution in [0.1, 0.15) is 0 Å². The van der Waals surface area contributed by atoms with Crippen molar-refractivity contribution >= 4 is 43.1 Å². The van der Waals surface area contributed by atoms with E-state index in [1.165, 1.54) is 9.13 Å². The van der Waals surface area contributed by atoms with Crippen molar-refractivity contribution in [3.05, 3.63) is 138 Å². The zero-order chi connectivity index (χ0) is 29.1. The molecular formula is C34H28N2O6. The van der Waals surface area contributed by atoms with Crippen molar-refractivity contribution in [1.29, 1.82) is 0 Å². The van der Waals surface area contributed by atoms with Crippen molar-refractivity contribution in [2.24, 2.45) is 0 Å². The highest BCUT2D eigenvalue weighted by Crippen LogP contribution is 2.20. The Morgan fingerprint density at radius 1 is 0.357 bits per heavy atom. The molecule has 0 fully saturated rings. The van der Waals surface area contributed by atoms with Gasteiger partial charge in [0.2, 0.25) is 0 Å². The first-order valence-corrected chi connectivity index (χ1v) is 13.8. The Morgan fingerprint density at radius 2 is 0.595 bits per heavy atom. The second-order valence-electron chi connectivity index (χ2n) is 9.93. The van der Waals surface area contributed by atoms with E-state index in [0.29, 0.717) is 21.5 Å². The Morgan fingerprint density at radius 3 is 0.857 bits per heavy atom. The number of fused-ring (bicyclic) bond motifs is 6. The van der Waals surface area contributed by atoms with Crippen LogP contribution in [0.2, 0.25) is 0 Å². The van der Waals surface area contributed by atoms with E-state index < -0.39 is 0 Å². The summed E-state index contributed by atoms with van der Waals surface area (Å²) in [5, 5.41) is 4.83. The maximum Gasteiger partial charge on any atom is 0.261 e. The molecule has 0 aliphatic carbocycles. The Labute approximate surface area is 239 Å². The summed E-state index contributed by atoms with van der Waals surface area (Å²) in [4.78, 5) is 53.1. The van der Waals surface area contributed by atoms with Gasteiger partial charge in [0.15, 0.2) is 0 Å². The summed E-state index contributed by atoms with van der Waals surface area (Å²) >= 11 is 0. The molecule has 0 bridgehead atoms. The number of aromatic nitrogens is 2. The number of hydrogen-bond acceptors (Lipinski definition) is 6. The summed E-state index contributed by atoms with van der Waals surface area (Å²) < 4.78 is 13.8. The van der Waals surface area contributed by atoms with E-state index in [2.05, 4.69) is 0 Å². The third-order valence-corrected chi connectivity index (χ3v) is 7.48. The van der Waals surface area contributed by atoms with Gasteiger partial charge >= 0.3 is 0 Å². The Bertz CT molecular complexity index is 1900. The third-order valence-electron chi connectivity index (χ3n) is 7.48. The Balaban J connectivity index is 1.11. The minimum Gasteiger partial charge on any atom is -0.377 e. The van der Waals surface area contributed by atoms with E-state index in [-0.39, 0.29) is 61.8 Å². The summed E-state index contributed by atoms with van der Waals surface area (Å²) in [6, 6.07) is 28.8. The van der Waals surface area contributed by atoms with Crippen LogP contribution in [0.3, 0.4) is 0 Å². The molecule has 0 amide bonds. The molecule has 0 saturated heterocycles. The second kappa shape index (κ2) is 11.9. The highest BCUT2D eigenvalue weighted by molar-refractivity contribution is 6.06. The van der Waals surface area contributed by atoms with Gasteiger partial charge in [-0.05, 0) is 45.8 Å². The van der Waals surface area contributed by atoms with Crippen LogP contribution in [-0.2, 0) is 22.6 Å². The van der Waals surface area contributed by atoms with E-state index in [9.17, 15) is 19.2 Å². The molecule has 6 rings (SSSR count). The normalized spacial score (nSPS) is 11.5. The molecule has 0 atom stereocenters. The number of hydrogen-bond donors (Lipinski definition) is 0. The minimum atomic E-state index is -0.360. The van der Waals surface area contributed by atoms with E-state index in [4.69, 9.17) is 9.47 Å². The van der Waals surface area contributed by atoms with Gasteiger partial charge in [0.05, 0.1) is 39.5 Å². The van der Waals surface area contributed by atoms with Crippen molar-refractivity contribution in [3.8, 4) is 0 Å². The maximum absolute atomic E-state index is 13.3. The molecule has 0 unspecified atom stereocenters. The van der Waals surface area contributed by atoms with Gasteiger partial charge in [-0.3, -0.25) is 28.3 Å². The molecule has 42 heavy (non-hydrogen) atoms. The fourth-order valence-corrected chi connectivity index (χ4v) is 5.42. The van der Waals surface area contributed by atoms with E-state index in [1.54, 1.807) is 48.5 Å². The number of rotatable bonds is 9. The quantitative estimate of drug-likeness (QED) is 0.247. The van der Waals surface area contributed by atoms with Crippen molar-refractivity contribution in [2.45, 2.75) is 13.1 Å². The molecule has 0 aliphatic heterocycles. The van der Waals surface area contributed by atoms with E-state index >= 15 is 0 Å². The van der Waals surface area contributed by atoms with Crippen LogP contribution in [-0.4, -0.2) is 35.6 Å². The van der Waals surface area contributed by atoms with Gasteiger partial charge in [0, 0.05) is 21.5 Å². The van der Waals surface area contributed by atoms with Crippen molar-refractivity contribution in [1.82, 2.24) is 9.13 Å². The molecular weight excluding hydrogens is 532 g/mol. The Kier molecular flexibility index (Phi) is 7.72. The number of ether oxygens (including phenoxy) is 2. The summed E-state index contributed by atoms with van der Waals surface area (Å²) in [5.74, 6) is 0. The first-order valence-electron chi connectivity index (χ1n) is 13.8. The van der Waals surface area contributed by atoms with Crippen LogP contribution in [0.5, 0.6) is 0 Å². The van der Waals surface area contributed by atoms with Crippen LogP contribution in [0.15, 0.2) is 116 Å². The van der Waals surface area contributed by atoms with Crippen LogP contribution >= 0.6 is 0 Å². The van der Waals surface area contributed by atoms with Crippen LogP contribution in [0, 0.1) is 0 Å². The van der Waals surface area contributed by atoms with Gasteiger partial charge in [-0.25, -0.2) is 0 Å². The fraction of sp³-hybridized carbons (Fsp3) is 0.176. The Hall–Kier alpha value is -4.92. The van der Waals surface area contributed by atoms with Crippen molar-refractivity contribution in [3.63, 3.8) is 0 Å². The van der Waals surface area contributed by atoms with Crippen molar-refractivity contribution < 1.29 is 9.47 Å². The molecule has 0 N–H and O–H groups in total. The monoisotopic (exact) mass is 560 g/mol. The van der Waals surface area contributed by atoms with Gasteiger partial charge in [-0.2, -0.15) is 0 Å². The topological polar surface area (TPSA) is 96.6 Å². The average Bonchev–Trinajstić information content (AvgIpc) is 3.18. The SMILES string of the molecule is O=c1c2ccccc2c2ccccc2c(=O)n1CCOCCOCCn1c(=O)c2ccccc2c2ccccc2c1=O. The van der Waals surface area contributed by atoms with Crippen LogP contribution < -0.4 is 22.2 Å². The second-order valence-corrected chi connectivity index (χ2v) is 9.93. The van der Waals surface area contributed by atoms with Gasteiger partial charge < -0.3 is 9.47 Å². The lowest BCUT2D eigenvalue weighted by atomic mass is 10.1. The van der Waals surface area contributed by atoms with E-state index in [0.717, 1.165) is 21.5 Å². The molecule has 8 nitrogen and oxygen atoms in total.